The largest absolute Gasteiger partial charge is 0.330 e. The van der Waals surface area contributed by atoms with Crippen LogP contribution in [0.3, 0.4) is 0 Å². The van der Waals surface area contributed by atoms with Crippen LogP contribution >= 0.6 is 11.6 Å². The van der Waals surface area contributed by atoms with Crippen LogP contribution in [-0.2, 0) is 4.79 Å². The quantitative estimate of drug-likeness (QED) is 0.869. The summed E-state index contributed by atoms with van der Waals surface area (Å²) in [6, 6.07) is 7.21. The molecule has 2 rings (SSSR count). The molecule has 1 aromatic carbocycles. The predicted molar refractivity (Wildman–Crippen MR) is 70.0 cm³/mol. The monoisotopic (exact) mass is 252 g/mol. The van der Waals surface area contributed by atoms with Crippen LogP contribution in [0, 0.1) is 11.8 Å². The van der Waals surface area contributed by atoms with Crippen LogP contribution in [-0.4, -0.2) is 12.5 Å². The summed E-state index contributed by atoms with van der Waals surface area (Å²) >= 11 is 5.87. The van der Waals surface area contributed by atoms with E-state index in [-0.39, 0.29) is 11.8 Å². The van der Waals surface area contributed by atoms with Crippen molar-refractivity contribution >= 4 is 23.2 Å². The van der Waals surface area contributed by atoms with E-state index in [0.29, 0.717) is 17.5 Å². The van der Waals surface area contributed by atoms with Crippen molar-refractivity contribution in [2.24, 2.45) is 17.6 Å². The van der Waals surface area contributed by atoms with E-state index in [1.807, 2.05) is 12.1 Å². The Kier molecular flexibility index (Phi) is 4.02. The summed E-state index contributed by atoms with van der Waals surface area (Å²) in [5, 5.41) is 3.54. The fraction of sp³-hybridized carbons (Fsp3) is 0.462. The van der Waals surface area contributed by atoms with Crippen LogP contribution in [0.5, 0.6) is 0 Å². The molecule has 92 valence electrons. The van der Waals surface area contributed by atoms with E-state index in [9.17, 15) is 4.79 Å². The highest BCUT2D eigenvalue weighted by Crippen LogP contribution is 2.32. The predicted octanol–water partition coefficient (Wildman–Crippen LogP) is 2.65. The number of carbonyl (C=O) groups excluding carboxylic acids is 1. The van der Waals surface area contributed by atoms with Crippen molar-refractivity contribution in [1.82, 2.24) is 0 Å². The molecule has 4 heteroatoms. The molecule has 0 saturated heterocycles. The van der Waals surface area contributed by atoms with Gasteiger partial charge in [-0.2, -0.15) is 0 Å². The second-order valence-corrected chi connectivity index (χ2v) is 4.97. The minimum absolute atomic E-state index is 0.0546. The van der Waals surface area contributed by atoms with Crippen molar-refractivity contribution in [3.63, 3.8) is 0 Å². The highest BCUT2D eigenvalue weighted by molar-refractivity contribution is 6.30. The third kappa shape index (κ3) is 2.99. The Morgan fingerprint density at radius 2 is 2.29 bits per heavy atom. The zero-order valence-corrected chi connectivity index (χ0v) is 10.4. The number of carbonyl (C=O) groups is 1. The van der Waals surface area contributed by atoms with Gasteiger partial charge in [0, 0.05) is 16.6 Å². The van der Waals surface area contributed by atoms with Gasteiger partial charge in [0.2, 0.25) is 5.91 Å². The first-order valence-electron chi connectivity index (χ1n) is 5.97. The van der Waals surface area contributed by atoms with Crippen molar-refractivity contribution in [3.8, 4) is 0 Å². The van der Waals surface area contributed by atoms with Crippen LogP contribution in [0.15, 0.2) is 24.3 Å². The number of nitrogens with two attached hydrogens (primary N) is 1. The number of benzene rings is 1. The molecule has 1 amide bonds. The maximum absolute atomic E-state index is 12.1. The van der Waals surface area contributed by atoms with Gasteiger partial charge in [-0.3, -0.25) is 4.79 Å². The normalized spacial score (nSPS) is 23.6. The molecule has 0 radical (unpaired) electrons. The number of nitrogens with one attached hydrogen (secondary N) is 1. The van der Waals surface area contributed by atoms with E-state index < -0.39 is 0 Å². The number of amides is 1. The van der Waals surface area contributed by atoms with Gasteiger partial charge < -0.3 is 11.1 Å². The second-order valence-electron chi connectivity index (χ2n) is 4.53. The molecule has 1 aromatic rings. The number of anilines is 1. The number of hydrogen-bond acceptors (Lipinski definition) is 2. The van der Waals surface area contributed by atoms with E-state index in [2.05, 4.69) is 5.32 Å². The molecule has 1 saturated carbocycles. The van der Waals surface area contributed by atoms with E-state index >= 15 is 0 Å². The zero-order chi connectivity index (χ0) is 12.3. The van der Waals surface area contributed by atoms with Crippen molar-refractivity contribution in [1.29, 1.82) is 0 Å². The Labute approximate surface area is 106 Å². The highest BCUT2D eigenvalue weighted by Gasteiger charge is 2.31. The van der Waals surface area contributed by atoms with E-state index in [4.69, 9.17) is 17.3 Å². The zero-order valence-electron chi connectivity index (χ0n) is 9.66. The van der Waals surface area contributed by atoms with Gasteiger partial charge in [-0.1, -0.05) is 24.1 Å². The van der Waals surface area contributed by atoms with Crippen LogP contribution in [0.1, 0.15) is 19.3 Å². The average molecular weight is 253 g/mol. The molecule has 3 nitrogen and oxygen atoms in total. The van der Waals surface area contributed by atoms with Crippen LogP contribution < -0.4 is 11.1 Å². The standard InChI is InChI=1S/C13H17ClN2O/c14-10-4-2-5-11(7-10)16-13(17)12-6-1-3-9(12)8-15/h2,4-5,7,9,12H,1,3,6,8,15H2,(H,16,17). The molecule has 0 aliphatic heterocycles. The lowest BCUT2D eigenvalue weighted by Crippen LogP contribution is -2.29. The summed E-state index contributed by atoms with van der Waals surface area (Å²) in [4.78, 5) is 12.1. The van der Waals surface area contributed by atoms with Crippen LogP contribution in [0.25, 0.3) is 0 Å². The Hall–Kier alpha value is -1.06. The molecule has 0 bridgehead atoms. The molecule has 0 heterocycles. The smallest absolute Gasteiger partial charge is 0.227 e. The van der Waals surface area contributed by atoms with Gasteiger partial charge >= 0.3 is 0 Å². The lowest BCUT2D eigenvalue weighted by Gasteiger charge is -2.17. The van der Waals surface area contributed by atoms with Gasteiger partial charge in [0.15, 0.2) is 0 Å². The van der Waals surface area contributed by atoms with Crippen molar-refractivity contribution in [2.45, 2.75) is 19.3 Å². The minimum atomic E-state index is 0.0546. The molecule has 1 aliphatic rings. The Balaban J connectivity index is 2.01. The maximum atomic E-state index is 12.1. The molecule has 0 aromatic heterocycles. The lowest BCUT2D eigenvalue weighted by molar-refractivity contribution is -0.120. The van der Waals surface area contributed by atoms with E-state index in [0.717, 1.165) is 24.9 Å². The second kappa shape index (κ2) is 5.52. The van der Waals surface area contributed by atoms with Crippen LogP contribution in [0.2, 0.25) is 5.02 Å². The van der Waals surface area contributed by atoms with Crippen molar-refractivity contribution in [3.05, 3.63) is 29.3 Å². The van der Waals surface area contributed by atoms with Crippen molar-refractivity contribution < 1.29 is 4.79 Å². The molecule has 1 aliphatic carbocycles. The first kappa shape index (κ1) is 12.4. The van der Waals surface area contributed by atoms with Gasteiger partial charge in [0.25, 0.3) is 0 Å². The first-order chi connectivity index (χ1) is 8.20. The SMILES string of the molecule is NCC1CCCC1C(=O)Nc1cccc(Cl)c1. The molecule has 0 spiro atoms. The summed E-state index contributed by atoms with van der Waals surface area (Å²) in [5.74, 6) is 0.452. The Bertz CT molecular complexity index is 408. The molecule has 2 unspecified atom stereocenters. The topological polar surface area (TPSA) is 55.1 Å². The molecule has 2 atom stereocenters. The molecule has 1 fully saturated rings. The van der Waals surface area contributed by atoms with Gasteiger partial charge in [-0.15, -0.1) is 0 Å². The fourth-order valence-electron chi connectivity index (χ4n) is 2.47. The minimum Gasteiger partial charge on any atom is -0.330 e. The Morgan fingerprint density at radius 1 is 1.47 bits per heavy atom. The van der Waals surface area contributed by atoms with E-state index in [1.54, 1.807) is 12.1 Å². The van der Waals surface area contributed by atoms with Gasteiger partial charge in [0.1, 0.15) is 0 Å². The number of hydrogen-bond donors (Lipinski definition) is 2. The van der Waals surface area contributed by atoms with Crippen LogP contribution in [0.4, 0.5) is 5.69 Å². The Morgan fingerprint density at radius 3 is 3.00 bits per heavy atom. The molecule has 17 heavy (non-hydrogen) atoms. The van der Waals surface area contributed by atoms with Gasteiger partial charge in [0.05, 0.1) is 0 Å². The summed E-state index contributed by atoms with van der Waals surface area (Å²) in [6.45, 7) is 0.591. The van der Waals surface area contributed by atoms with Crippen molar-refractivity contribution in [2.75, 3.05) is 11.9 Å². The fourth-order valence-corrected chi connectivity index (χ4v) is 2.66. The maximum Gasteiger partial charge on any atom is 0.227 e. The summed E-state index contributed by atoms with van der Waals surface area (Å²) in [5.41, 5.74) is 6.43. The van der Waals surface area contributed by atoms with Gasteiger partial charge in [-0.05, 0) is 43.5 Å². The van der Waals surface area contributed by atoms with Gasteiger partial charge in [-0.25, -0.2) is 0 Å². The number of halogens is 1. The first-order valence-corrected chi connectivity index (χ1v) is 6.35. The molecular weight excluding hydrogens is 236 g/mol. The number of rotatable bonds is 3. The lowest BCUT2D eigenvalue weighted by atomic mass is 9.95. The highest BCUT2D eigenvalue weighted by atomic mass is 35.5. The third-order valence-electron chi connectivity index (χ3n) is 3.39. The van der Waals surface area contributed by atoms with E-state index in [1.165, 1.54) is 0 Å². The molecule has 3 N–H and O–H groups in total. The third-order valence-corrected chi connectivity index (χ3v) is 3.63. The molecular formula is C13H17ClN2O. The summed E-state index contributed by atoms with van der Waals surface area (Å²) in [7, 11) is 0. The summed E-state index contributed by atoms with van der Waals surface area (Å²) < 4.78 is 0. The average Bonchev–Trinajstić information content (AvgIpc) is 2.77. The summed E-state index contributed by atoms with van der Waals surface area (Å²) in [6.07, 6.45) is 3.09.